The van der Waals surface area contributed by atoms with E-state index in [4.69, 9.17) is 16.7 Å². The Morgan fingerprint density at radius 1 is 1.60 bits per heavy atom. The summed E-state index contributed by atoms with van der Waals surface area (Å²) in [6.07, 6.45) is 0.991. The van der Waals surface area contributed by atoms with Gasteiger partial charge in [0.15, 0.2) is 5.82 Å². The van der Waals surface area contributed by atoms with E-state index in [1.165, 1.54) is 0 Å². The third kappa shape index (κ3) is 0.859. The highest BCUT2D eigenvalue weighted by molar-refractivity contribution is 5.55. The molecule has 0 spiro atoms. The Labute approximate surface area is 55.7 Å². The van der Waals surface area contributed by atoms with Crippen molar-refractivity contribution in [2.75, 3.05) is 11.5 Å². The van der Waals surface area contributed by atoms with Crippen LogP contribution in [-0.4, -0.2) is 14.9 Å². The van der Waals surface area contributed by atoms with Crippen molar-refractivity contribution in [3.63, 3.8) is 0 Å². The van der Waals surface area contributed by atoms with E-state index in [2.05, 4.69) is 4.98 Å². The molecular formula is C4H6N4O2. The molecule has 0 bridgehead atoms. The van der Waals surface area contributed by atoms with Gasteiger partial charge >= 0.3 is 5.69 Å². The molecule has 0 unspecified atom stereocenters. The van der Waals surface area contributed by atoms with Crippen LogP contribution in [0.4, 0.5) is 11.5 Å². The predicted octanol–water partition coefficient (Wildman–Crippen LogP) is -1.36. The molecule has 1 rings (SSSR count). The summed E-state index contributed by atoms with van der Waals surface area (Å²) in [7, 11) is 0. The Hall–Kier alpha value is -1.72. The summed E-state index contributed by atoms with van der Waals surface area (Å²) in [6.45, 7) is 0. The van der Waals surface area contributed by atoms with E-state index in [0.717, 1.165) is 6.20 Å². The molecule has 0 fully saturated rings. The number of hydrogen-bond donors (Lipinski definition) is 3. The van der Waals surface area contributed by atoms with Crippen LogP contribution in [0.25, 0.3) is 0 Å². The molecule has 54 valence electrons. The molecule has 0 atom stereocenters. The van der Waals surface area contributed by atoms with E-state index in [-0.39, 0.29) is 16.2 Å². The molecule has 0 amide bonds. The van der Waals surface area contributed by atoms with Crippen molar-refractivity contribution in [2.45, 2.75) is 0 Å². The fourth-order valence-electron chi connectivity index (χ4n) is 0.472. The van der Waals surface area contributed by atoms with Crippen LogP contribution in [0.1, 0.15) is 0 Å². The summed E-state index contributed by atoms with van der Waals surface area (Å²) in [6, 6.07) is 0. The van der Waals surface area contributed by atoms with Gasteiger partial charge in [-0.15, -0.1) is 4.73 Å². The van der Waals surface area contributed by atoms with Crippen LogP contribution in [0.15, 0.2) is 11.0 Å². The summed E-state index contributed by atoms with van der Waals surface area (Å²) >= 11 is 0. The van der Waals surface area contributed by atoms with E-state index in [1.807, 2.05) is 0 Å². The summed E-state index contributed by atoms with van der Waals surface area (Å²) in [5.41, 5.74) is 9.54. The van der Waals surface area contributed by atoms with Gasteiger partial charge in [-0.2, -0.15) is 4.98 Å². The molecular weight excluding hydrogens is 136 g/mol. The van der Waals surface area contributed by atoms with Crippen LogP contribution in [-0.2, 0) is 0 Å². The molecule has 10 heavy (non-hydrogen) atoms. The summed E-state index contributed by atoms with van der Waals surface area (Å²) in [4.78, 5) is 13.6. The Bertz CT molecular complexity index is 305. The van der Waals surface area contributed by atoms with Crippen LogP contribution < -0.4 is 17.2 Å². The van der Waals surface area contributed by atoms with E-state index in [1.54, 1.807) is 0 Å². The highest BCUT2D eigenvalue weighted by Gasteiger charge is 1.98. The fourth-order valence-corrected chi connectivity index (χ4v) is 0.472. The molecule has 6 nitrogen and oxygen atoms in total. The van der Waals surface area contributed by atoms with Crippen LogP contribution in [0.3, 0.4) is 0 Å². The zero-order chi connectivity index (χ0) is 7.72. The van der Waals surface area contributed by atoms with Gasteiger partial charge in [-0.25, -0.2) is 4.79 Å². The Kier molecular flexibility index (Phi) is 1.22. The standard InChI is InChI=1S/C4H6N4O2/c5-2-1-8(10)4(9)7-3(2)6/h1,10H,5H2,(H2,6,7,9). The van der Waals surface area contributed by atoms with Crippen molar-refractivity contribution in [3.05, 3.63) is 16.7 Å². The Morgan fingerprint density at radius 2 is 2.20 bits per heavy atom. The maximum Gasteiger partial charge on any atom is 0.382 e. The molecule has 0 aliphatic carbocycles. The van der Waals surface area contributed by atoms with E-state index in [0.29, 0.717) is 0 Å². The number of nitrogens with zero attached hydrogens (tertiary/aromatic N) is 2. The topological polar surface area (TPSA) is 107 Å². The molecule has 0 aliphatic heterocycles. The first-order chi connectivity index (χ1) is 4.61. The number of rotatable bonds is 0. The molecule has 1 aromatic rings. The van der Waals surface area contributed by atoms with Crippen molar-refractivity contribution in [2.24, 2.45) is 0 Å². The zero-order valence-electron chi connectivity index (χ0n) is 4.98. The first-order valence-corrected chi connectivity index (χ1v) is 2.45. The molecule has 1 aromatic heterocycles. The largest absolute Gasteiger partial charge is 0.424 e. The van der Waals surface area contributed by atoms with Crippen LogP contribution in [0, 0.1) is 0 Å². The van der Waals surface area contributed by atoms with E-state index < -0.39 is 5.69 Å². The summed E-state index contributed by atoms with van der Waals surface area (Å²) < 4.78 is 0.270. The van der Waals surface area contributed by atoms with Crippen molar-refractivity contribution in [3.8, 4) is 0 Å². The second-order valence-corrected chi connectivity index (χ2v) is 1.71. The van der Waals surface area contributed by atoms with Crippen LogP contribution in [0.5, 0.6) is 0 Å². The monoisotopic (exact) mass is 142 g/mol. The maximum absolute atomic E-state index is 10.5. The molecule has 1 heterocycles. The maximum atomic E-state index is 10.5. The fraction of sp³-hybridized carbons (Fsp3) is 0. The first kappa shape index (κ1) is 6.40. The molecule has 0 radical (unpaired) electrons. The minimum Gasteiger partial charge on any atom is -0.424 e. The minimum atomic E-state index is -0.841. The predicted molar refractivity (Wildman–Crippen MR) is 34.5 cm³/mol. The van der Waals surface area contributed by atoms with Crippen LogP contribution >= 0.6 is 0 Å². The van der Waals surface area contributed by atoms with Gasteiger partial charge in [-0.3, -0.25) is 0 Å². The summed E-state index contributed by atoms with van der Waals surface area (Å²) in [5.74, 6) is -0.0738. The Morgan fingerprint density at radius 3 is 2.70 bits per heavy atom. The van der Waals surface area contributed by atoms with Gasteiger partial charge in [0.2, 0.25) is 0 Å². The molecule has 0 saturated heterocycles. The lowest BCUT2D eigenvalue weighted by molar-refractivity contribution is 0.171. The Balaban J connectivity index is 3.43. The highest BCUT2D eigenvalue weighted by atomic mass is 16.5. The lowest BCUT2D eigenvalue weighted by Gasteiger charge is -1.97. The molecule has 0 aliphatic rings. The lowest BCUT2D eigenvalue weighted by atomic mass is 10.5. The van der Waals surface area contributed by atoms with Crippen molar-refractivity contribution in [1.82, 2.24) is 9.71 Å². The molecule has 0 aromatic carbocycles. The summed E-state index contributed by atoms with van der Waals surface area (Å²) in [5, 5.41) is 8.63. The average Bonchev–Trinajstić information content (AvgIpc) is 1.84. The second-order valence-electron chi connectivity index (χ2n) is 1.71. The third-order valence-corrected chi connectivity index (χ3v) is 0.969. The van der Waals surface area contributed by atoms with Crippen molar-refractivity contribution in [1.29, 1.82) is 0 Å². The van der Waals surface area contributed by atoms with Crippen LogP contribution in [0.2, 0.25) is 0 Å². The average molecular weight is 142 g/mol. The van der Waals surface area contributed by atoms with Gasteiger partial charge in [-0.1, -0.05) is 0 Å². The number of anilines is 2. The smallest absolute Gasteiger partial charge is 0.382 e. The lowest BCUT2D eigenvalue weighted by Crippen LogP contribution is -2.22. The highest BCUT2D eigenvalue weighted by Crippen LogP contribution is 2.03. The molecule has 6 heteroatoms. The van der Waals surface area contributed by atoms with Gasteiger partial charge in [0.05, 0.1) is 11.9 Å². The SMILES string of the molecule is Nc1cn(O)c(=O)nc1N. The van der Waals surface area contributed by atoms with E-state index in [9.17, 15) is 4.79 Å². The first-order valence-electron chi connectivity index (χ1n) is 2.45. The van der Waals surface area contributed by atoms with Crippen molar-refractivity contribution >= 4 is 11.5 Å². The van der Waals surface area contributed by atoms with Gasteiger partial charge < -0.3 is 16.7 Å². The number of nitrogens with two attached hydrogens (primary N) is 2. The van der Waals surface area contributed by atoms with Gasteiger partial charge in [0.25, 0.3) is 0 Å². The second kappa shape index (κ2) is 1.90. The zero-order valence-corrected chi connectivity index (χ0v) is 4.98. The normalized spacial score (nSPS) is 9.60. The third-order valence-electron chi connectivity index (χ3n) is 0.969. The quantitative estimate of drug-likeness (QED) is 0.388. The van der Waals surface area contributed by atoms with Gasteiger partial charge in [0, 0.05) is 0 Å². The number of hydrogen-bond acceptors (Lipinski definition) is 5. The van der Waals surface area contributed by atoms with Crippen molar-refractivity contribution < 1.29 is 5.21 Å². The number of nitrogen functional groups attached to an aromatic ring is 2. The number of aromatic nitrogens is 2. The molecule has 0 saturated carbocycles. The van der Waals surface area contributed by atoms with Gasteiger partial charge in [-0.05, 0) is 0 Å². The molecule has 5 N–H and O–H groups in total. The van der Waals surface area contributed by atoms with Gasteiger partial charge in [0.1, 0.15) is 0 Å². The minimum absolute atomic E-state index is 0.0714. The van der Waals surface area contributed by atoms with E-state index >= 15 is 0 Å².